The molecule has 0 aliphatic rings. The largest absolute Gasteiger partial charge is 0.324 e. The van der Waals surface area contributed by atoms with E-state index < -0.39 is 0 Å². The normalized spacial score (nSPS) is 10.4. The fraction of sp³-hybridized carbons (Fsp3) is 0.0625. The van der Waals surface area contributed by atoms with Crippen LogP contribution in [0.5, 0.6) is 0 Å². The predicted octanol–water partition coefficient (Wildman–Crippen LogP) is 4.24. The molecule has 0 spiro atoms. The van der Waals surface area contributed by atoms with Crippen LogP contribution < -0.4 is 5.32 Å². The number of nitrogens with one attached hydrogen (secondary N) is 1. The Morgan fingerprint density at radius 2 is 1.86 bits per heavy atom. The van der Waals surface area contributed by atoms with Crippen molar-refractivity contribution in [1.29, 1.82) is 0 Å². The number of anilines is 2. The first-order chi connectivity index (χ1) is 10.2. The summed E-state index contributed by atoms with van der Waals surface area (Å²) in [6, 6.07) is 13.2. The highest BCUT2D eigenvalue weighted by molar-refractivity contribution is 6.30. The molecule has 0 unspecified atom stereocenters. The number of hydrogen-bond acceptors (Lipinski definition) is 4. The summed E-state index contributed by atoms with van der Waals surface area (Å²) in [5, 5.41) is 3.81. The van der Waals surface area contributed by atoms with Crippen molar-refractivity contribution in [2.75, 3.05) is 5.32 Å². The van der Waals surface area contributed by atoms with E-state index in [-0.39, 0.29) is 0 Å². The Morgan fingerprint density at radius 1 is 1.00 bits per heavy atom. The molecule has 0 atom stereocenters. The molecule has 0 bridgehead atoms. The molecule has 0 fully saturated rings. The Morgan fingerprint density at radius 3 is 2.67 bits per heavy atom. The van der Waals surface area contributed by atoms with Gasteiger partial charge >= 0.3 is 0 Å². The monoisotopic (exact) mass is 296 g/mol. The van der Waals surface area contributed by atoms with Crippen LogP contribution in [0.25, 0.3) is 11.3 Å². The van der Waals surface area contributed by atoms with Gasteiger partial charge < -0.3 is 5.32 Å². The lowest BCUT2D eigenvalue weighted by Crippen LogP contribution is -1.98. The van der Waals surface area contributed by atoms with Crippen LogP contribution >= 0.6 is 11.6 Å². The number of halogens is 1. The zero-order chi connectivity index (χ0) is 14.7. The molecule has 3 rings (SSSR count). The van der Waals surface area contributed by atoms with E-state index in [1.165, 1.54) is 0 Å². The molecule has 4 nitrogen and oxygen atoms in total. The predicted molar refractivity (Wildman–Crippen MR) is 84.7 cm³/mol. The van der Waals surface area contributed by atoms with Crippen molar-refractivity contribution in [2.24, 2.45) is 0 Å². The van der Waals surface area contributed by atoms with Gasteiger partial charge in [0.1, 0.15) is 0 Å². The Bertz CT molecular complexity index is 773. The van der Waals surface area contributed by atoms with E-state index in [1.54, 1.807) is 12.4 Å². The molecule has 0 aliphatic heterocycles. The lowest BCUT2D eigenvalue weighted by atomic mass is 10.1. The minimum atomic E-state index is 0.532. The third-order valence-corrected chi connectivity index (χ3v) is 3.16. The van der Waals surface area contributed by atoms with Crippen LogP contribution in [0.1, 0.15) is 5.69 Å². The minimum Gasteiger partial charge on any atom is -0.324 e. The van der Waals surface area contributed by atoms with Crippen molar-refractivity contribution < 1.29 is 0 Å². The number of benzene rings is 1. The molecule has 0 radical (unpaired) electrons. The zero-order valence-electron chi connectivity index (χ0n) is 11.4. The third kappa shape index (κ3) is 3.35. The zero-order valence-corrected chi connectivity index (χ0v) is 12.2. The number of nitrogens with zero attached hydrogens (tertiary/aromatic N) is 3. The van der Waals surface area contributed by atoms with Gasteiger partial charge in [-0.2, -0.15) is 0 Å². The van der Waals surface area contributed by atoms with Crippen LogP contribution in [0.15, 0.2) is 54.9 Å². The Hall–Kier alpha value is -2.46. The second-order valence-corrected chi connectivity index (χ2v) is 5.02. The number of pyridine rings is 1. The van der Waals surface area contributed by atoms with Crippen molar-refractivity contribution in [3.8, 4) is 11.3 Å². The van der Waals surface area contributed by atoms with Crippen LogP contribution in [0.3, 0.4) is 0 Å². The summed E-state index contributed by atoms with van der Waals surface area (Å²) in [6.45, 7) is 1.95. The molecule has 0 saturated heterocycles. The van der Waals surface area contributed by atoms with Gasteiger partial charge in [-0.1, -0.05) is 17.7 Å². The molecule has 2 heterocycles. The van der Waals surface area contributed by atoms with Crippen LogP contribution in [0.4, 0.5) is 11.6 Å². The van der Waals surface area contributed by atoms with E-state index in [0.29, 0.717) is 11.0 Å². The van der Waals surface area contributed by atoms with Gasteiger partial charge in [0.15, 0.2) is 0 Å². The van der Waals surface area contributed by atoms with Gasteiger partial charge in [-0.25, -0.2) is 9.97 Å². The number of rotatable bonds is 3. The summed E-state index contributed by atoms with van der Waals surface area (Å²) in [4.78, 5) is 12.9. The molecular formula is C16H13ClN4. The summed E-state index contributed by atoms with van der Waals surface area (Å²) in [7, 11) is 0. The van der Waals surface area contributed by atoms with Crippen molar-refractivity contribution in [2.45, 2.75) is 6.92 Å². The molecule has 21 heavy (non-hydrogen) atoms. The first-order valence-electron chi connectivity index (χ1n) is 6.49. The first-order valence-corrected chi connectivity index (χ1v) is 6.87. The fourth-order valence-electron chi connectivity index (χ4n) is 1.98. The molecule has 0 amide bonds. The smallest absolute Gasteiger partial charge is 0.227 e. The van der Waals surface area contributed by atoms with Crippen molar-refractivity contribution in [3.05, 3.63) is 65.6 Å². The highest BCUT2D eigenvalue weighted by atomic mass is 35.5. The van der Waals surface area contributed by atoms with Crippen LogP contribution in [-0.4, -0.2) is 15.0 Å². The molecule has 5 heteroatoms. The number of aromatic nitrogens is 3. The van der Waals surface area contributed by atoms with Gasteiger partial charge in [0.2, 0.25) is 5.95 Å². The van der Waals surface area contributed by atoms with E-state index in [2.05, 4.69) is 20.3 Å². The Labute approximate surface area is 127 Å². The average molecular weight is 297 g/mol. The van der Waals surface area contributed by atoms with E-state index >= 15 is 0 Å². The lowest BCUT2D eigenvalue weighted by molar-refractivity contribution is 1.15. The van der Waals surface area contributed by atoms with Crippen molar-refractivity contribution >= 4 is 23.2 Å². The van der Waals surface area contributed by atoms with E-state index in [9.17, 15) is 0 Å². The summed E-state index contributed by atoms with van der Waals surface area (Å²) in [5.74, 6) is 0.532. The Balaban J connectivity index is 1.90. The molecule has 3 aromatic rings. The lowest BCUT2D eigenvalue weighted by Gasteiger charge is -2.07. The van der Waals surface area contributed by atoms with Gasteiger partial charge in [0.05, 0.1) is 5.69 Å². The molecule has 2 aromatic heterocycles. The average Bonchev–Trinajstić information content (AvgIpc) is 2.47. The molecule has 0 saturated carbocycles. The van der Waals surface area contributed by atoms with Crippen LogP contribution in [0, 0.1) is 6.92 Å². The number of aryl methyl sites for hydroxylation is 1. The van der Waals surface area contributed by atoms with E-state index in [4.69, 9.17) is 11.6 Å². The van der Waals surface area contributed by atoms with E-state index in [1.807, 2.05) is 49.4 Å². The maximum atomic E-state index is 5.97. The van der Waals surface area contributed by atoms with Gasteiger partial charge in [-0.05, 0) is 43.3 Å². The second-order valence-electron chi connectivity index (χ2n) is 4.59. The van der Waals surface area contributed by atoms with Gasteiger partial charge in [0, 0.05) is 34.4 Å². The maximum absolute atomic E-state index is 5.97. The number of hydrogen-bond donors (Lipinski definition) is 1. The molecule has 1 aromatic carbocycles. The molecule has 0 aliphatic carbocycles. The highest BCUT2D eigenvalue weighted by Gasteiger charge is 2.03. The standard InChI is InChI=1S/C16H13ClN4/c1-11-9-12(5-7-18-11)15-6-8-19-16(21-15)20-14-4-2-3-13(17)10-14/h2-10H,1H3,(H,19,20,21). The van der Waals surface area contributed by atoms with Crippen LogP contribution in [-0.2, 0) is 0 Å². The van der Waals surface area contributed by atoms with Gasteiger partial charge in [-0.15, -0.1) is 0 Å². The molecule has 1 N–H and O–H groups in total. The maximum Gasteiger partial charge on any atom is 0.227 e. The minimum absolute atomic E-state index is 0.532. The quantitative estimate of drug-likeness (QED) is 0.785. The molecular weight excluding hydrogens is 284 g/mol. The van der Waals surface area contributed by atoms with Gasteiger partial charge in [-0.3, -0.25) is 4.98 Å². The first kappa shape index (κ1) is 13.5. The van der Waals surface area contributed by atoms with Crippen molar-refractivity contribution in [1.82, 2.24) is 15.0 Å². The van der Waals surface area contributed by atoms with Crippen LogP contribution in [0.2, 0.25) is 5.02 Å². The summed E-state index contributed by atoms with van der Waals surface area (Å²) < 4.78 is 0. The van der Waals surface area contributed by atoms with E-state index in [0.717, 1.165) is 22.6 Å². The second kappa shape index (κ2) is 5.89. The highest BCUT2D eigenvalue weighted by Crippen LogP contribution is 2.21. The third-order valence-electron chi connectivity index (χ3n) is 2.93. The fourth-order valence-corrected chi connectivity index (χ4v) is 2.17. The van der Waals surface area contributed by atoms with Crippen molar-refractivity contribution in [3.63, 3.8) is 0 Å². The summed E-state index contributed by atoms with van der Waals surface area (Å²) >= 11 is 5.97. The molecule has 104 valence electrons. The summed E-state index contributed by atoms with van der Waals surface area (Å²) in [5.41, 5.74) is 3.67. The topological polar surface area (TPSA) is 50.7 Å². The summed E-state index contributed by atoms with van der Waals surface area (Å²) in [6.07, 6.45) is 3.50. The SMILES string of the molecule is Cc1cc(-c2ccnc(Nc3cccc(Cl)c3)n2)ccn1. The Kier molecular flexibility index (Phi) is 3.79. The van der Waals surface area contributed by atoms with Gasteiger partial charge in [0.25, 0.3) is 0 Å².